The van der Waals surface area contributed by atoms with Crippen LogP contribution in [0.25, 0.3) is 5.69 Å². The number of anilines is 1. The van der Waals surface area contributed by atoms with Gasteiger partial charge in [-0.3, -0.25) is 0 Å². The summed E-state index contributed by atoms with van der Waals surface area (Å²) in [6.45, 7) is 0.755. The molecule has 0 saturated heterocycles. The highest BCUT2D eigenvalue weighted by Crippen LogP contribution is 2.20. The molecule has 1 heterocycles. The summed E-state index contributed by atoms with van der Waals surface area (Å²) in [6, 6.07) is 16.3. The topological polar surface area (TPSA) is 42.7 Å². The van der Waals surface area contributed by atoms with Crippen LogP contribution in [0.5, 0.6) is 0 Å². The number of hydrogen-bond acceptors (Lipinski definition) is 3. The maximum absolute atomic E-state index is 4.17. The summed E-state index contributed by atoms with van der Waals surface area (Å²) in [5.74, 6) is 0. The number of para-hydroxylation sites is 2. The zero-order chi connectivity index (χ0) is 13.8. The van der Waals surface area contributed by atoms with Crippen LogP contribution >= 0.6 is 15.9 Å². The van der Waals surface area contributed by atoms with Crippen LogP contribution in [0.3, 0.4) is 0 Å². The molecular weight excluding hydrogens is 316 g/mol. The van der Waals surface area contributed by atoms with Crippen molar-refractivity contribution in [3.8, 4) is 5.69 Å². The summed E-state index contributed by atoms with van der Waals surface area (Å²) >= 11 is 3.48. The van der Waals surface area contributed by atoms with Crippen LogP contribution in [0, 0.1) is 0 Å². The third kappa shape index (κ3) is 2.88. The van der Waals surface area contributed by atoms with Gasteiger partial charge in [-0.25, -0.2) is 9.67 Å². The van der Waals surface area contributed by atoms with E-state index in [1.165, 1.54) is 11.9 Å². The first kappa shape index (κ1) is 12.9. The SMILES string of the molecule is Brc1cccc(CNc2ccccc2-n2cncn2)c1. The van der Waals surface area contributed by atoms with Gasteiger partial charge in [-0.15, -0.1) is 0 Å². The molecule has 0 saturated carbocycles. The van der Waals surface area contributed by atoms with Gasteiger partial charge in [-0.05, 0) is 29.8 Å². The predicted octanol–water partition coefficient (Wildman–Crippen LogP) is 3.64. The molecule has 2 aromatic carbocycles. The van der Waals surface area contributed by atoms with Gasteiger partial charge >= 0.3 is 0 Å². The molecule has 4 nitrogen and oxygen atoms in total. The fraction of sp³-hybridized carbons (Fsp3) is 0.0667. The molecule has 1 aromatic heterocycles. The van der Waals surface area contributed by atoms with E-state index in [2.05, 4.69) is 43.5 Å². The van der Waals surface area contributed by atoms with E-state index in [4.69, 9.17) is 0 Å². The molecule has 0 atom stereocenters. The molecule has 0 unspecified atom stereocenters. The number of benzene rings is 2. The van der Waals surface area contributed by atoms with Crippen LogP contribution in [-0.4, -0.2) is 14.8 Å². The van der Waals surface area contributed by atoms with Gasteiger partial charge in [0, 0.05) is 11.0 Å². The predicted molar refractivity (Wildman–Crippen MR) is 82.8 cm³/mol. The number of aromatic nitrogens is 3. The minimum absolute atomic E-state index is 0.755. The second-order valence-corrected chi connectivity index (χ2v) is 5.26. The van der Waals surface area contributed by atoms with Crippen LogP contribution in [0.15, 0.2) is 65.7 Å². The lowest BCUT2D eigenvalue weighted by Gasteiger charge is -2.11. The average molecular weight is 329 g/mol. The molecule has 0 aliphatic heterocycles. The van der Waals surface area contributed by atoms with Gasteiger partial charge < -0.3 is 5.32 Å². The highest BCUT2D eigenvalue weighted by molar-refractivity contribution is 9.10. The Labute approximate surface area is 125 Å². The van der Waals surface area contributed by atoms with E-state index in [-0.39, 0.29) is 0 Å². The molecule has 0 fully saturated rings. The summed E-state index contributed by atoms with van der Waals surface area (Å²) in [5, 5.41) is 7.61. The fourth-order valence-electron chi connectivity index (χ4n) is 2.00. The van der Waals surface area contributed by atoms with Crippen molar-refractivity contribution in [2.45, 2.75) is 6.54 Å². The largest absolute Gasteiger partial charge is 0.379 e. The molecule has 3 rings (SSSR count). The standard InChI is InChI=1S/C15H13BrN4/c16-13-5-3-4-12(8-13)9-18-14-6-1-2-7-15(14)20-11-17-10-19-20/h1-8,10-11,18H,9H2. The van der Waals surface area contributed by atoms with E-state index < -0.39 is 0 Å². The first-order chi connectivity index (χ1) is 9.83. The Kier molecular flexibility index (Phi) is 3.78. The van der Waals surface area contributed by atoms with Gasteiger partial charge in [-0.2, -0.15) is 5.10 Å². The Hall–Kier alpha value is -2.14. The second kappa shape index (κ2) is 5.88. The Balaban J connectivity index is 1.81. The van der Waals surface area contributed by atoms with Crippen molar-refractivity contribution in [3.63, 3.8) is 0 Å². The lowest BCUT2D eigenvalue weighted by Crippen LogP contribution is -2.04. The van der Waals surface area contributed by atoms with Gasteiger partial charge in [0.15, 0.2) is 0 Å². The van der Waals surface area contributed by atoms with Crippen LogP contribution in [-0.2, 0) is 6.54 Å². The van der Waals surface area contributed by atoms with Crippen LogP contribution in [0.1, 0.15) is 5.56 Å². The first-order valence-electron chi connectivity index (χ1n) is 6.25. The first-order valence-corrected chi connectivity index (χ1v) is 7.04. The Morgan fingerprint density at radius 3 is 2.80 bits per heavy atom. The smallest absolute Gasteiger partial charge is 0.138 e. The second-order valence-electron chi connectivity index (χ2n) is 4.34. The summed E-state index contributed by atoms with van der Waals surface area (Å²) in [7, 11) is 0. The lowest BCUT2D eigenvalue weighted by atomic mass is 10.2. The number of nitrogens with one attached hydrogen (secondary N) is 1. The molecule has 0 amide bonds. The molecule has 0 aliphatic carbocycles. The Bertz CT molecular complexity index is 695. The van der Waals surface area contributed by atoms with Gasteiger partial charge in [-0.1, -0.05) is 40.2 Å². The van der Waals surface area contributed by atoms with Crippen molar-refractivity contribution in [1.29, 1.82) is 0 Å². The van der Waals surface area contributed by atoms with Crippen LogP contribution < -0.4 is 5.32 Å². The normalized spacial score (nSPS) is 10.4. The van der Waals surface area contributed by atoms with Gasteiger partial charge in [0.2, 0.25) is 0 Å². The molecule has 0 aliphatic rings. The zero-order valence-corrected chi connectivity index (χ0v) is 12.3. The van der Waals surface area contributed by atoms with E-state index >= 15 is 0 Å². The number of nitrogens with zero attached hydrogens (tertiary/aromatic N) is 3. The molecule has 20 heavy (non-hydrogen) atoms. The van der Waals surface area contributed by atoms with Crippen molar-refractivity contribution >= 4 is 21.6 Å². The summed E-state index contributed by atoms with van der Waals surface area (Å²) in [6.07, 6.45) is 3.23. The molecule has 1 N–H and O–H groups in total. The number of rotatable bonds is 4. The van der Waals surface area contributed by atoms with Crippen LogP contribution in [0.2, 0.25) is 0 Å². The minimum atomic E-state index is 0.755. The van der Waals surface area contributed by atoms with Crippen molar-refractivity contribution < 1.29 is 0 Å². The lowest BCUT2D eigenvalue weighted by molar-refractivity contribution is 0.878. The van der Waals surface area contributed by atoms with Crippen molar-refractivity contribution in [3.05, 3.63) is 71.2 Å². The number of halogens is 1. The molecule has 0 radical (unpaired) electrons. The zero-order valence-electron chi connectivity index (χ0n) is 10.7. The van der Waals surface area contributed by atoms with E-state index in [0.29, 0.717) is 0 Å². The van der Waals surface area contributed by atoms with Crippen molar-refractivity contribution in [2.75, 3.05) is 5.32 Å². The van der Waals surface area contributed by atoms with E-state index in [0.717, 1.165) is 22.4 Å². The van der Waals surface area contributed by atoms with Gasteiger partial charge in [0.1, 0.15) is 12.7 Å². The van der Waals surface area contributed by atoms with Crippen molar-refractivity contribution in [1.82, 2.24) is 14.8 Å². The molecule has 100 valence electrons. The van der Waals surface area contributed by atoms with E-state index in [1.807, 2.05) is 36.4 Å². The molecule has 5 heteroatoms. The maximum Gasteiger partial charge on any atom is 0.138 e. The van der Waals surface area contributed by atoms with Gasteiger partial charge in [0.25, 0.3) is 0 Å². The Morgan fingerprint density at radius 1 is 1.10 bits per heavy atom. The highest BCUT2D eigenvalue weighted by atomic mass is 79.9. The quantitative estimate of drug-likeness (QED) is 0.795. The Morgan fingerprint density at radius 2 is 2.00 bits per heavy atom. The minimum Gasteiger partial charge on any atom is -0.379 e. The van der Waals surface area contributed by atoms with E-state index in [9.17, 15) is 0 Å². The highest BCUT2D eigenvalue weighted by Gasteiger charge is 2.04. The third-order valence-electron chi connectivity index (χ3n) is 2.94. The van der Waals surface area contributed by atoms with E-state index in [1.54, 1.807) is 11.0 Å². The molecule has 3 aromatic rings. The molecule has 0 bridgehead atoms. The third-order valence-corrected chi connectivity index (χ3v) is 3.43. The maximum atomic E-state index is 4.17. The van der Waals surface area contributed by atoms with Gasteiger partial charge in [0.05, 0.1) is 11.4 Å². The number of hydrogen-bond donors (Lipinski definition) is 1. The van der Waals surface area contributed by atoms with Crippen molar-refractivity contribution in [2.24, 2.45) is 0 Å². The summed E-state index contributed by atoms with van der Waals surface area (Å²) < 4.78 is 2.84. The van der Waals surface area contributed by atoms with Crippen LogP contribution in [0.4, 0.5) is 5.69 Å². The monoisotopic (exact) mass is 328 g/mol. The molecular formula is C15H13BrN4. The fourth-order valence-corrected chi connectivity index (χ4v) is 2.45. The summed E-state index contributed by atoms with van der Waals surface area (Å²) in [4.78, 5) is 3.99. The molecule has 0 spiro atoms. The average Bonchev–Trinajstić information content (AvgIpc) is 3.00. The summed E-state index contributed by atoms with van der Waals surface area (Å²) in [5.41, 5.74) is 3.23.